The summed E-state index contributed by atoms with van der Waals surface area (Å²) in [6.45, 7) is 2.83. The van der Waals surface area contributed by atoms with Crippen molar-refractivity contribution in [2.24, 2.45) is 0 Å². The van der Waals surface area contributed by atoms with E-state index in [1.165, 1.54) is 19.3 Å². The highest BCUT2D eigenvalue weighted by atomic mass is 35.5. The number of anilines is 1. The van der Waals surface area contributed by atoms with Crippen molar-refractivity contribution in [3.63, 3.8) is 0 Å². The molecular formula is C12H19ClN4. The van der Waals surface area contributed by atoms with Crippen molar-refractivity contribution in [2.75, 3.05) is 26.0 Å². The van der Waals surface area contributed by atoms with Gasteiger partial charge in [-0.25, -0.2) is 9.97 Å². The van der Waals surface area contributed by atoms with Gasteiger partial charge in [0.1, 0.15) is 5.82 Å². The van der Waals surface area contributed by atoms with E-state index in [9.17, 15) is 0 Å². The largest absolute Gasteiger partial charge is 0.368 e. The van der Waals surface area contributed by atoms with Gasteiger partial charge in [0.05, 0.1) is 0 Å². The highest BCUT2D eigenvalue weighted by Crippen LogP contribution is 2.36. The Balaban J connectivity index is 2.02. The van der Waals surface area contributed by atoms with E-state index in [2.05, 4.69) is 34.3 Å². The summed E-state index contributed by atoms with van der Waals surface area (Å²) in [5.41, 5.74) is 1.17. The van der Waals surface area contributed by atoms with Gasteiger partial charge in [-0.05, 0) is 51.9 Å². The molecular weight excluding hydrogens is 236 g/mol. The van der Waals surface area contributed by atoms with Crippen LogP contribution in [-0.2, 0) is 0 Å². The van der Waals surface area contributed by atoms with Gasteiger partial charge in [-0.1, -0.05) is 0 Å². The molecule has 1 aliphatic rings. The Morgan fingerprint density at radius 2 is 2.12 bits per heavy atom. The van der Waals surface area contributed by atoms with Gasteiger partial charge in [-0.2, -0.15) is 0 Å². The molecule has 1 N–H and O–H groups in total. The molecule has 0 radical (unpaired) electrons. The lowest BCUT2D eigenvalue weighted by atomic mass is 9.75. The van der Waals surface area contributed by atoms with Crippen molar-refractivity contribution in [3.8, 4) is 0 Å². The first kappa shape index (κ1) is 12.6. The molecule has 0 aliphatic heterocycles. The number of hydrogen-bond donors (Lipinski definition) is 1. The predicted molar refractivity (Wildman–Crippen MR) is 70.5 cm³/mol. The van der Waals surface area contributed by atoms with Crippen molar-refractivity contribution < 1.29 is 0 Å². The Morgan fingerprint density at radius 1 is 1.41 bits per heavy atom. The highest BCUT2D eigenvalue weighted by Gasteiger charge is 2.38. The first-order valence-corrected chi connectivity index (χ1v) is 6.32. The van der Waals surface area contributed by atoms with Crippen molar-refractivity contribution in [3.05, 3.63) is 17.0 Å². The second-order valence-electron chi connectivity index (χ2n) is 4.99. The molecule has 0 spiro atoms. The predicted octanol–water partition coefficient (Wildman–Crippen LogP) is 2.33. The molecule has 5 heteroatoms. The summed E-state index contributed by atoms with van der Waals surface area (Å²) in [6, 6.07) is 1.92. The molecule has 0 bridgehead atoms. The normalized spacial score (nSPS) is 17.9. The lowest BCUT2D eigenvalue weighted by Gasteiger charge is -2.47. The summed E-state index contributed by atoms with van der Waals surface area (Å²) in [5, 5.41) is 3.68. The summed E-state index contributed by atoms with van der Waals surface area (Å²) in [4.78, 5) is 10.5. The third kappa shape index (κ3) is 2.69. The second-order valence-corrected chi connectivity index (χ2v) is 5.33. The molecule has 1 aromatic rings. The zero-order chi connectivity index (χ0) is 12.5. The van der Waals surface area contributed by atoms with Gasteiger partial charge < -0.3 is 10.2 Å². The van der Waals surface area contributed by atoms with Crippen molar-refractivity contribution >= 4 is 17.4 Å². The van der Waals surface area contributed by atoms with Crippen molar-refractivity contribution in [1.29, 1.82) is 0 Å². The molecule has 1 aromatic heterocycles. The summed E-state index contributed by atoms with van der Waals surface area (Å²) < 4.78 is 0. The number of rotatable bonds is 4. The monoisotopic (exact) mass is 254 g/mol. The van der Waals surface area contributed by atoms with Crippen LogP contribution >= 0.6 is 11.6 Å². The maximum Gasteiger partial charge on any atom is 0.224 e. The number of nitrogens with one attached hydrogen (secondary N) is 1. The van der Waals surface area contributed by atoms with E-state index in [1.54, 1.807) is 0 Å². The zero-order valence-corrected chi connectivity index (χ0v) is 11.4. The van der Waals surface area contributed by atoms with Crippen LogP contribution in [0.4, 0.5) is 5.82 Å². The fraction of sp³-hybridized carbons (Fsp3) is 0.667. The fourth-order valence-electron chi connectivity index (χ4n) is 2.24. The Hall–Kier alpha value is -0.870. The van der Waals surface area contributed by atoms with Crippen molar-refractivity contribution in [2.45, 2.75) is 31.7 Å². The molecule has 4 nitrogen and oxygen atoms in total. The lowest BCUT2D eigenvalue weighted by Crippen LogP contribution is -2.54. The molecule has 0 aromatic carbocycles. The zero-order valence-electron chi connectivity index (χ0n) is 10.6. The fourth-order valence-corrected chi connectivity index (χ4v) is 2.47. The topological polar surface area (TPSA) is 41.0 Å². The van der Waals surface area contributed by atoms with E-state index in [4.69, 9.17) is 11.6 Å². The van der Waals surface area contributed by atoms with Crippen LogP contribution < -0.4 is 5.32 Å². The van der Waals surface area contributed by atoms with Gasteiger partial charge in [0.15, 0.2) is 0 Å². The summed E-state index contributed by atoms with van der Waals surface area (Å²) in [5.74, 6) is 0.815. The standard InChI is InChI=1S/C12H19ClN4/c1-9-7-10(16-11(13)15-9)14-8-12(17(2)3)5-4-6-12/h7H,4-6,8H2,1-3H3,(H,14,15,16). The molecule has 17 heavy (non-hydrogen) atoms. The molecule has 2 rings (SSSR count). The van der Waals surface area contributed by atoms with Crippen LogP contribution in [0.25, 0.3) is 0 Å². The van der Waals surface area contributed by atoms with Gasteiger partial charge in [0.25, 0.3) is 0 Å². The average Bonchev–Trinajstić information content (AvgIpc) is 2.13. The maximum atomic E-state index is 5.84. The lowest BCUT2D eigenvalue weighted by molar-refractivity contribution is 0.0738. The Kier molecular flexibility index (Phi) is 3.54. The third-order valence-electron chi connectivity index (χ3n) is 3.66. The number of nitrogens with zero attached hydrogens (tertiary/aromatic N) is 3. The first-order chi connectivity index (χ1) is 8.02. The molecule has 1 saturated carbocycles. The van der Waals surface area contributed by atoms with Gasteiger partial charge in [0.2, 0.25) is 5.28 Å². The van der Waals surface area contributed by atoms with E-state index >= 15 is 0 Å². The first-order valence-electron chi connectivity index (χ1n) is 5.94. The minimum Gasteiger partial charge on any atom is -0.368 e. The third-order valence-corrected chi connectivity index (χ3v) is 3.83. The molecule has 0 unspecified atom stereocenters. The van der Waals surface area contributed by atoms with Gasteiger partial charge >= 0.3 is 0 Å². The number of hydrogen-bond acceptors (Lipinski definition) is 4. The minimum atomic E-state index is 0.283. The smallest absolute Gasteiger partial charge is 0.224 e. The van der Waals surface area contributed by atoms with Crippen LogP contribution in [0.3, 0.4) is 0 Å². The van der Waals surface area contributed by atoms with Crippen LogP contribution in [0, 0.1) is 6.92 Å². The highest BCUT2D eigenvalue weighted by molar-refractivity contribution is 6.28. The van der Waals surface area contributed by atoms with Gasteiger partial charge in [-0.15, -0.1) is 0 Å². The molecule has 94 valence electrons. The van der Waals surface area contributed by atoms with Crippen molar-refractivity contribution in [1.82, 2.24) is 14.9 Å². The number of halogens is 1. The SMILES string of the molecule is Cc1cc(NCC2(N(C)C)CCC2)nc(Cl)n1. The molecule has 1 fully saturated rings. The van der Waals surface area contributed by atoms with Gasteiger partial charge in [0, 0.05) is 23.8 Å². The van der Waals surface area contributed by atoms with E-state index in [1.807, 2.05) is 13.0 Å². The number of likely N-dealkylation sites (N-methyl/N-ethyl adjacent to an activating group) is 1. The molecule has 0 saturated heterocycles. The summed E-state index contributed by atoms with van der Waals surface area (Å²) in [7, 11) is 4.28. The van der Waals surface area contributed by atoms with Crippen LogP contribution in [-0.4, -0.2) is 41.0 Å². The Bertz CT molecular complexity index is 381. The van der Waals surface area contributed by atoms with Crippen LogP contribution in [0.5, 0.6) is 0 Å². The molecule has 1 heterocycles. The summed E-state index contributed by atoms with van der Waals surface area (Å²) in [6.07, 6.45) is 3.79. The quantitative estimate of drug-likeness (QED) is 0.838. The Labute approximate surface area is 107 Å². The Morgan fingerprint density at radius 3 is 2.59 bits per heavy atom. The van der Waals surface area contributed by atoms with Crippen LogP contribution in [0.15, 0.2) is 6.07 Å². The molecule has 1 aliphatic carbocycles. The van der Waals surface area contributed by atoms with E-state index < -0.39 is 0 Å². The second kappa shape index (κ2) is 4.78. The van der Waals surface area contributed by atoms with E-state index in [0.29, 0.717) is 5.28 Å². The van der Waals surface area contributed by atoms with Crippen LogP contribution in [0.1, 0.15) is 25.0 Å². The number of aryl methyl sites for hydroxylation is 1. The van der Waals surface area contributed by atoms with E-state index in [-0.39, 0.29) is 5.54 Å². The maximum absolute atomic E-state index is 5.84. The molecule has 0 amide bonds. The van der Waals surface area contributed by atoms with Gasteiger partial charge in [-0.3, -0.25) is 0 Å². The van der Waals surface area contributed by atoms with Crippen LogP contribution in [0.2, 0.25) is 5.28 Å². The minimum absolute atomic E-state index is 0.283. The average molecular weight is 255 g/mol. The number of aromatic nitrogens is 2. The molecule has 0 atom stereocenters. The summed E-state index contributed by atoms with van der Waals surface area (Å²) >= 11 is 5.84. The van der Waals surface area contributed by atoms with E-state index in [0.717, 1.165) is 18.1 Å².